The lowest BCUT2D eigenvalue weighted by Crippen LogP contribution is -2.21. The molecule has 15 heavy (non-hydrogen) atoms. The van der Waals surface area contributed by atoms with Gasteiger partial charge >= 0.3 is 0 Å². The van der Waals surface area contributed by atoms with Crippen molar-refractivity contribution in [1.82, 2.24) is 0 Å². The number of rotatable bonds is 4. The van der Waals surface area contributed by atoms with E-state index >= 15 is 0 Å². The second kappa shape index (κ2) is 5.21. The van der Waals surface area contributed by atoms with Gasteiger partial charge in [-0.05, 0) is 6.07 Å². The van der Waals surface area contributed by atoms with Gasteiger partial charge in [0.25, 0.3) is 0 Å². The van der Waals surface area contributed by atoms with Gasteiger partial charge in [0, 0.05) is 29.2 Å². The molecule has 0 saturated heterocycles. The molecule has 0 aliphatic carbocycles. The van der Waals surface area contributed by atoms with Crippen LogP contribution in [0.4, 0.5) is 0 Å². The highest BCUT2D eigenvalue weighted by molar-refractivity contribution is 6.30. The van der Waals surface area contributed by atoms with Crippen LogP contribution in [-0.2, 0) is 0 Å². The zero-order valence-corrected chi connectivity index (χ0v) is 9.54. The summed E-state index contributed by atoms with van der Waals surface area (Å²) in [6.07, 6.45) is 0. The van der Waals surface area contributed by atoms with Crippen molar-refractivity contribution in [2.24, 2.45) is 11.5 Å². The minimum atomic E-state index is -0.312. The summed E-state index contributed by atoms with van der Waals surface area (Å²) in [4.78, 5) is 0. The van der Waals surface area contributed by atoms with Crippen molar-refractivity contribution in [3.05, 3.63) is 22.7 Å². The predicted octanol–water partition coefficient (Wildman–Crippen LogP) is 1.32. The molecule has 0 aliphatic heterocycles. The normalized spacial score (nSPS) is 12.3. The Morgan fingerprint density at radius 1 is 1.33 bits per heavy atom. The summed E-state index contributed by atoms with van der Waals surface area (Å²) in [5, 5.41) is 0.548. The Hall–Kier alpha value is -0.970. The Morgan fingerprint density at radius 3 is 2.47 bits per heavy atom. The first-order valence-electron chi connectivity index (χ1n) is 4.51. The molecule has 4 N–H and O–H groups in total. The van der Waals surface area contributed by atoms with Gasteiger partial charge in [0.15, 0.2) is 11.5 Å². The van der Waals surface area contributed by atoms with Crippen LogP contribution in [0.1, 0.15) is 11.6 Å². The van der Waals surface area contributed by atoms with Crippen molar-refractivity contribution in [3.8, 4) is 11.5 Å². The Bertz CT molecular complexity index is 344. The Morgan fingerprint density at radius 2 is 2.00 bits per heavy atom. The maximum atomic E-state index is 5.93. The summed E-state index contributed by atoms with van der Waals surface area (Å²) in [6, 6.07) is 3.10. The fourth-order valence-electron chi connectivity index (χ4n) is 1.36. The third-order valence-corrected chi connectivity index (χ3v) is 2.34. The topological polar surface area (TPSA) is 70.5 Å². The highest BCUT2D eigenvalue weighted by Crippen LogP contribution is 2.36. The van der Waals surface area contributed by atoms with E-state index in [0.29, 0.717) is 23.1 Å². The second-order valence-electron chi connectivity index (χ2n) is 3.07. The molecular weight excluding hydrogens is 216 g/mol. The first kappa shape index (κ1) is 12.1. The molecule has 0 spiro atoms. The average Bonchev–Trinajstić information content (AvgIpc) is 2.26. The van der Waals surface area contributed by atoms with Crippen molar-refractivity contribution in [2.75, 3.05) is 20.8 Å². The number of benzene rings is 1. The predicted molar refractivity (Wildman–Crippen MR) is 60.5 cm³/mol. The molecule has 1 rings (SSSR count). The van der Waals surface area contributed by atoms with Crippen molar-refractivity contribution in [2.45, 2.75) is 6.04 Å². The highest BCUT2D eigenvalue weighted by Gasteiger charge is 2.16. The van der Waals surface area contributed by atoms with Crippen molar-refractivity contribution in [3.63, 3.8) is 0 Å². The van der Waals surface area contributed by atoms with Crippen LogP contribution in [0.3, 0.4) is 0 Å². The molecule has 0 amide bonds. The van der Waals surface area contributed by atoms with Gasteiger partial charge in [-0.2, -0.15) is 0 Å². The molecule has 5 heteroatoms. The summed E-state index contributed by atoms with van der Waals surface area (Å²) in [5.74, 6) is 1.14. The fourth-order valence-corrected chi connectivity index (χ4v) is 1.58. The number of ether oxygens (including phenoxy) is 2. The van der Waals surface area contributed by atoms with Gasteiger partial charge in [0.2, 0.25) is 0 Å². The third-order valence-electron chi connectivity index (χ3n) is 2.13. The van der Waals surface area contributed by atoms with Crippen LogP contribution in [0.25, 0.3) is 0 Å². The zero-order chi connectivity index (χ0) is 11.4. The van der Waals surface area contributed by atoms with Gasteiger partial charge in [-0.1, -0.05) is 11.6 Å². The van der Waals surface area contributed by atoms with E-state index < -0.39 is 0 Å². The molecule has 0 unspecified atom stereocenters. The third kappa shape index (κ3) is 2.53. The van der Waals surface area contributed by atoms with E-state index in [0.717, 1.165) is 5.56 Å². The van der Waals surface area contributed by atoms with E-state index in [-0.39, 0.29) is 6.04 Å². The monoisotopic (exact) mass is 230 g/mol. The van der Waals surface area contributed by atoms with E-state index in [1.54, 1.807) is 26.4 Å². The van der Waals surface area contributed by atoms with E-state index in [1.165, 1.54) is 0 Å². The molecule has 0 radical (unpaired) electrons. The Balaban J connectivity index is 3.28. The minimum absolute atomic E-state index is 0.312. The van der Waals surface area contributed by atoms with Gasteiger partial charge in [0.05, 0.1) is 14.2 Å². The first-order valence-corrected chi connectivity index (χ1v) is 4.88. The van der Waals surface area contributed by atoms with Crippen LogP contribution in [0, 0.1) is 0 Å². The second-order valence-corrected chi connectivity index (χ2v) is 3.51. The molecular formula is C10H15ClN2O2. The van der Waals surface area contributed by atoms with Crippen molar-refractivity contribution in [1.29, 1.82) is 0 Å². The van der Waals surface area contributed by atoms with Crippen LogP contribution in [0.5, 0.6) is 11.5 Å². The Labute approximate surface area is 94.1 Å². The minimum Gasteiger partial charge on any atom is -0.493 e. The van der Waals surface area contributed by atoms with E-state index in [4.69, 9.17) is 32.5 Å². The quantitative estimate of drug-likeness (QED) is 0.819. The SMILES string of the molecule is COc1cc(Cl)cc([C@H](N)CN)c1OC. The maximum absolute atomic E-state index is 5.93. The van der Waals surface area contributed by atoms with Gasteiger partial charge in [-0.3, -0.25) is 0 Å². The lowest BCUT2D eigenvalue weighted by atomic mass is 10.1. The maximum Gasteiger partial charge on any atom is 0.165 e. The molecule has 0 saturated carbocycles. The number of hydrogen-bond donors (Lipinski definition) is 2. The fraction of sp³-hybridized carbons (Fsp3) is 0.400. The number of hydrogen-bond acceptors (Lipinski definition) is 4. The molecule has 1 aromatic rings. The molecule has 4 nitrogen and oxygen atoms in total. The summed E-state index contributed by atoms with van der Waals surface area (Å²) in [7, 11) is 3.10. The van der Waals surface area contributed by atoms with Gasteiger partial charge in [0.1, 0.15) is 0 Å². The van der Waals surface area contributed by atoms with Crippen LogP contribution >= 0.6 is 11.6 Å². The standard InChI is InChI=1S/C10H15ClN2O2/c1-14-9-4-6(11)3-7(8(13)5-12)10(9)15-2/h3-4,8H,5,12-13H2,1-2H3/t8-/m1/s1. The van der Waals surface area contributed by atoms with Crippen LogP contribution in [-0.4, -0.2) is 20.8 Å². The first-order chi connectivity index (χ1) is 7.13. The summed E-state index contributed by atoms with van der Waals surface area (Å²) < 4.78 is 10.4. The number of methoxy groups -OCH3 is 2. The molecule has 0 bridgehead atoms. The molecule has 1 aromatic carbocycles. The molecule has 0 aliphatic rings. The van der Waals surface area contributed by atoms with Crippen LogP contribution in [0.15, 0.2) is 12.1 Å². The lowest BCUT2D eigenvalue weighted by Gasteiger charge is -2.17. The lowest BCUT2D eigenvalue weighted by molar-refractivity contribution is 0.349. The molecule has 0 aromatic heterocycles. The molecule has 0 fully saturated rings. The highest BCUT2D eigenvalue weighted by atomic mass is 35.5. The Kier molecular flexibility index (Phi) is 4.20. The van der Waals surface area contributed by atoms with Crippen molar-refractivity contribution >= 4 is 11.6 Å². The van der Waals surface area contributed by atoms with Crippen molar-refractivity contribution < 1.29 is 9.47 Å². The molecule has 84 valence electrons. The zero-order valence-electron chi connectivity index (χ0n) is 8.79. The van der Waals surface area contributed by atoms with Crippen LogP contribution in [0.2, 0.25) is 5.02 Å². The number of nitrogens with two attached hydrogens (primary N) is 2. The largest absolute Gasteiger partial charge is 0.493 e. The average molecular weight is 231 g/mol. The molecule has 1 atom stereocenters. The van der Waals surface area contributed by atoms with E-state index in [2.05, 4.69) is 0 Å². The molecule has 0 heterocycles. The number of halogens is 1. The van der Waals surface area contributed by atoms with E-state index in [1.807, 2.05) is 0 Å². The summed E-state index contributed by atoms with van der Waals surface area (Å²) in [6.45, 7) is 0.319. The summed E-state index contributed by atoms with van der Waals surface area (Å²) >= 11 is 5.93. The van der Waals surface area contributed by atoms with E-state index in [9.17, 15) is 0 Å². The smallest absolute Gasteiger partial charge is 0.165 e. The van der Waals surface area contributed by atoms with Crippen LogP contribution < -0.4 is 20.9 Å². The van der Waals surface area contributed by atoms with Gasteiger partial charge in [-0.15, -0.1) is 0 Å². The van der Waals surface area contributed by atoms with Gasteiger partial charge in [-0.25, -0.2) is 0 Å². The van der Waals surface area contributed by atoms with Gasteiger partial charge < -0.3 is 20.9 Å². The summed E-state index contributed by atoms with van der Waals surface area (Å²) in [5.41, 5.74) is 12.1.